The molecule has 0 radical (unpaired) electrons. The van der Waals surface area contributed by atoms with E-state index in [1.165, 1.54) is 0 Å². The van der Waals surface area contributed by atoms with Gasteiger partial charge in [-0.05, 0) is 75.9 Å². The van der Waals surface area contributed by atoms with Gasteiger partial charge in [-0.2, -0.15) is 0 Å². The lowest BCUT2D eigenvalue weighted by Crippen LogP contribution is -2.46. The Bertz CT molecular complexity index is 865. The van der Waals surface area contributed by atoms with Crippen LogP contribution in [-0.4, -0.2) is 43.7 Å². The number of fused-ring (bicyclic) bond motifs is 1. The lowest BCUT2D eigenvalue weighted by molar-refractivity contribution is -0.154. The molecule has 2 rings (SSSR count). The minimum atomic E-state index is -2.06. The third-order valence-electron chi connectivity index (χ3n) is 6.67. The number of hydrogen-bond donors (Lipinski definition) is 1. The van der Waals surface area contributed by atoms with Crippen LogP contribution >= 0.6 is 0 Å². The molecule has 0 aromatic heterocycles. The number of benzene rings is 1. The van der Waals surface area contributed by atoms with Crippen molar-refractivity contribution in [3.63, 3.8) is 0 Å². The Morgan fingerprint density at radius 1 is 1.12 bits per heavy atom. The summed E-state index contributed by atoms with van der Waals surface area (Å²) in [5, 5.41) is 10.0. The molecule has 1 N–H and O–H groups in total. The number of carboxylic acid groups (broad SMARTS) is 1. The molecule has 1 aliphatic rings. The third kappa shape index (κ3) is 7.57. The minimum absolute atomic E-state index is 0.0176. The molecule has 1 heterocycles. The highest BCUT2D eigenvalue weighted by Crippen LogP contribution is 2.39. The summed E-state index contributed by atoms with van der Waals surface area (Å²) in [6.07, 6.45) is 1.91. The molecule has 33 heavy (non-hydrogen) atoms. The lowest BCUT2D eigenvalue weighted by Gasteiger charge is -2.40. The van der Waals surface area contributed by atoms with Gasteiger partial charge in [0.05, 0.1) is 11.8 Å². The second-order valence-corrected chi connectivity index (χ2v) is 16.9. The maximum atomic E-state index is 12.2. The summed E-state index contributed by atoms with van der Waals surface area (Å²) in [5.41, 5.74) is 0.409. The Morgan fingerprint density at radius 3 is 2.30 bits per heavy atom. The highest BCUT2D eigenvalue weighted by molar-refractivity contribution is 6.74. The Hall–Kier alpha value is -1.86. The first kappa shape index (κ1) is 27.4. The zero-order valence-corrected chi connectivity index (χ0v) is 22.8. The topological polar surface area (TPSA) is 82.1 Å². The molecule has 0 saturated heterocycles. The largest absolute Gasteiger partial charge is 0.490 e. The van der Waals surface area contributed by atoms with Crippen molar-refractivity contribution in [3.05, 3.63) is 29.3 Å². The maximum absolute atomic E-state index is 12.2. The number of esters is 1. The predicted molar refractivity (Wildman–Crippen MR) is 132 cm³/mol. The van der Waals surface area contributed by atoms with Crippen LogP contribution in [-0.2, 0) is 31.6 Å². The fraction of sp³-hybridized carbons (Fsp3) is 0.692. The monoisotopic (exact) mass is 478 g/mol. The number of carbonyl (C=O) groups is 2. The number of hydrogen-bond acceptors (Lipinski definition) is 5. The normalized spacial score (nSPS) is 18.6. The van der Waals surface area contributed by atoms with Gasteiger partial charge in [-0.1, -0.05) is 32.9 Å². The van der Waals surface area contributed by atoms with Gasteiger partial charge in [-0.3, -0.25) is 9.59 Å². The second-order valence-electron chi connectivity index (χ2n) is 12.1. The zero-order chi connectivity index (χ0) is 25.2. The van der Waals surface area contributed by atoms with E-state index in [9.17, 15) is 14.7 Å². The van der Waals surface area contributed by atoms with Gasteiger partial charge in [-0.25, -0.2) is 0 Å². The van der Waals surface area contributed by atoms with Crippen molar-refractivity contribution in [2.75, 3.05) is 6.61 Å². The lowest BCUT2D eigenvalue weighted by atomic mass is 9.83. The van der Waals surface area contributed by atoms with Gasteiger partial charge in [0.1, 0.15) is 17.5 Å². The summed E-state index contributed by atoms with van der Waals surface area (Å²) in [4.78, 5) is 24.3. The van der Waals surface area contributed by atoms with E-state index in [0.717, 1.165) is 29.7 Å². The average Bonchev–Trinajstić information content (AvgIpc) is 2.64. The van der Waals surface area contributed by atoms with Gasteiger partial charge in [-0.15, -0.1) is 0 Å². The summed E-state index contributed by atoms with van der Waals surface area (Å²) < 4.78 is 17.9. The number of carbonyl (C=O) groups excluding carboxylic acids is 1. The van der Waals surface area contributed by atoms with Crippen LogP contribution in [0.3, 0.4) is 0 Å². The molecule has 0 fully saturated rings. The molecule has 0 aliphatic carbocycles. The molecule has 7 heteroatoms. The summed E-state index contributed by atoms with van der Waals surface area (Å²) >= 11 is 0. The van der Waals surface area contributed by atoms with E-state index in [4.69, 9.17) is 13.9 Å². The first-order chi connectivity index (χ1) is 14.9. The molecule has 0 unspecified atom stereocenters. The molecule has 186 valence electrons. The van der Waals surface area contributed by atoms with Crippen molar-refractivity contribution >= 4 is 20.3 Å². The first-order valence-corrected chi connectivity index (χ1v) is 14.7. The van der Waals surface area contributed by atoms with Gasteiger partial charge in [0.15, 0.2) is 8.32 Å². The Labute approximate surface area is 200 Å². The van der Waals surface area contributed by atoms with E-state index in [2.05, 4.69) is 33.9 Å². The Balaban J connectivity index is 2.05. The molecule has 1 aromatic rings. The molecule has 6 nitrogen and oxygen atoms in total. The molecular formula is C26H42O6Si. The number of ether oxygens (including phenoxy) is 2. The van der Waals surface area contributed by atoms with E-state index < -0.39 is 25.3 Å². The maximum Gasteiger partial charge on any atom is 0.311 e. The van der Waals surface area contributed by atoms with Crippen LogP contribution in [0.25, 0.3) is 0 Å². The van der Waals surface area contributed by atoms with Crippen LogP contribution in [0.5, 0.6) is 5.75 Å². The van der Waals surface area contributed by atoms with Crippen molar-refractivity contribution in [2.24, 2.45) is 5.41 Å². The van der Waals surface area contributed by atoms with Crippen LogP contribution in [0.15, 0.2) is 18.2 Å². The van der Waals surface area contributed by atoms with Gasteiger partial charge in [0.25, 0.3) is 0 Å². The van der Waals surface area contributed by atoms with Crippen LogP contribution in [0.1, 0.15) is 72.4 Å². The van der Waals surface area contributed by atoms with E-state index in [0.29, 0.717) is 6.42 Å². The quantitative estimate of drug-likeness (QED) is 0.377. The SMILES string of the molecule is CC(C)(C)OC(=O)Cc1ccc2c(c1)CC[C@H](C[C@](C)(CO[Si](C)(C)C(C)(C)C)C(=O)O)O2. The standard InChI is InChI=1S/C26H42O6Si/c1-24(2,3)32-22(27)15-18-10-13-21-19(14-18)11-12-20(31-21)16-26(7,23(28)29)17-30-33(8,9)25(4,5)6/h10,13-14,20H,11-12,15-17H2,1-9H3,(H,28,29)/t20-,26-/m1/s1. The molecule has 0 saturated carbocycles. The summed E-state index contributed by atoms with van der Waals surface area (Å²) in [6.45, 7) is 18.2. The Kier molecular flexibility index (Phi) is 8.12. The fourth-order valence-electron chi connectivity index (χ4n) is 3.56. The van der Waals surface area contributed by atoms with E-state index in [1.54, 1.807) is 6.92 Å². The number of aliphatic carboxylic acids is 1. The fourth-order valence-corrected chi connectivity index (χ4v) is 4.68. The molecule has 0 spiro atoms. The Morgan fingerprint density at radius 2 is 1.76 bits per heavy atom. The highest BCUT2D eigenvalue weighted by Gasteiger charge is 2.43. The number of aryl methyl sites for hydroxylation is 1. The van der Waals surface area contributed by atoms with Crippen molar-refractivity contribution in [1.82, 2.24) is 0 Å². The molecular weight excluding hydrogens is 436 g/mol. The zero-order valence-electron chi connectivity index (χ0n) is 21.8. The molecule has 1 aliphatic heterocycles. The van der Waals surface area contributed by atoms with Crippen LogP contribution in [0.4, 0.5) is 0 Å². The van der Waals surface area contributed by atoms with E-state index >= 15 is 0 Å². The second kappa shape index (κ2) is 9.78. The molecule has 1 aromatic carbocycles. The minimum Gasteiger partial charge on any atom is -0.490 e. The summed E-state index contributed by atoms with van der Waals surface area (Å²) in [7, 11) is -2.06. The average molecular weight is 479 g/mol. The van der Waals surface area contributed by atoms with Crippen LogP contribution in [0.2, 0.25) is 18.1 Å². The van der Waals surface area contributed by atoms with Gasteiger partial charge in [0.2, 0.25) is 0 Å². The molecule has 0 bridgehead atoms. The van der Waals surface area contributed by atoms with Crippen molar-refractivity contribution in [3.8, 4) is 5.75 Å². The van der Waals surface area contributed by atoms with Gasteiger partial charge in [0, 0.05) is 13.0 Å². The van der Waals surface area contributed by atoms with E-state index in [-0.39, 0.29) is 30.1 Å². The highest BCUT2D eigenvalue weighted by atomic mass is 28.4. The molecule has 0 amide bonds. The van der Waals surface area contributed by atoms with Gasteiger partial charge < -0.3 is 19.0 Å². The molecule has 2 atom stereocenters. The number of carboxylic acids is 1. The van der Waals surface area contributed by atoms with E-state index in [1.807, 2.05) is 39.0 Å². The van der Waals surface area contributed by atoms with Gasteiger partial charge >= 0.3 is 11.9 Å². The third-order valence-corrected chi connectivity index (χ3v) is 11.2. The van der Waals surface area contributed by atoms with Crippen molar-refractivity contribution in [2.45, 2.75) is 104 Å². The smallest absolute Gasteiger partial charge is 0.311 e. The van der Waals surface area contributed by atoms with Crippen LogP contribution in [0, 0.1) is 5.41 Å². The first-order valence-electron chi connectivity index (χ1n) is 11.8. The predicted octanol–water partition coefficient (Wildman–Crippen LogP) is 5.77. The van der Waals surface area contributed by atoms with Crippen LogP contribution < -0.4 is 4.74 Å². The number of rotatable bonds is 8. The summed E-state index contributed by atoms with van der Waals surface area (Å²) in [6, 6.07) is 5.75. The summed E-state index contributed by atoms with van der Waals surface area (Å²) in [5.74, 6) is -0.350. The van der Waals surface area contributed by atoms with Crippen molar-refractivity contribution < 1.29 is 28.6 Å². The van der Waals surface area contributed by atoms with Crippen molar-refractivity contribution in [1.29, 1.82) is 0 Å².